The zero-order chi connectivity index (χ0) is 11.3. The molecule has 0 radical (unpaired) electrons. The van der Waals surface area contributed by atoms with Crippen molar-refractivity contribution in [2.45, 2.75) is 19.4 Å². The summed E-state index contributed by atoms with van der Waals surface area (Å²) in [6, 6.07) is 0. The van der Waals surface area contributed by atoms with E-state index < -0.39 is 12.1 Å². The van der Waals surface area contributed by atoms with E-state index in [0.29, 0.717) is 5.13 Å². The zero-order valence-electron chi connectivity index (χ0n) is 8.56. The summed E-state index contributed by atoms with van der Waals surface area (Å²) in [4.78, 5) is 14.8. The lowest BCUT2D eigenvalue weighted by Crippen LogP contribution is -2.30. The number of aliphatic carboxylic acids is 1. The first-order chi connectivity index (χ1) is 7.17. The largest absolute Gasteiger partial charge is 0.479 e. The van der Waals surface area contributed by atoms with Crippen LogP contribution in [0.1, 0.15) is 12.7 Å². The van der Waals surface area contributed by atoms with Crippen LogP contribution in [-0.2, 0) is 16.0 Å². The van der Waals surface area contributed by atoms with E-state index in [9.17, 15) is 4.79 Å². The van der Waals surface area contributed by atoms with Crippen LogP contribution in [0.4, 0.5) is 5.13 Å². The predicted molar refractivity (Wildman–Crippen MR) is 56.2 cm³/mol. The number of anilines is 1. The van der Waals surface area contributed by atoms with Crippen molar-refractivity contribution in [2.24, 2.45) is 0 Å². The lowest BCUT2D eigenvalue weighted by Gasteiger charge is -2.09. The number of ether oxygens (including phenoxy) is 1. The second-order valence-corrected chi connectivity index (χ2v) is 3.56. The molecule has 1 unspecified atom stereocenters. The first kappa shape index (κ1) is 11.9. The summed E-state index contributed by atoms with van der Waals surface area (Å²) in [6.45, 7) is 2.14. The molecule has 0 saturated carbocycles. The minimum atomic E-state index is -0.995. The molecule has 0 aliphatic carbocycles. The predicted octanol–water partition coefficient (Wildman–Crippen LogP) is 0.612. The van der Waals surface area contributed by atoms with Gasteiger partial charge < -0.3 is 15.2 Å². The molecule has 1 rings (SSSR count). The zero-order valence-corrected chi connectivity index (χ0v) is 9.37. The molecule has 7 heteroatoms. The maximum Gasteiger partial charge on any atom is 0.334 e. The van der Waals surface area contributed by atoms with Gasteiger partial charge in [0.05, 0.1) is 6.54 Å². The number of methoxy groups -OCH3 is 1. The second-order valence-electron chi connectivity index (χ2n) is 2.81. The maximum atomic E-state index is 10.6. The van der Waals surface area contributed by atoms with Crippen molar-refractivity contribution in [1.82, 2.24) is 9.36 Å². The Morgan fingerprint density at radius 3 is 2.93 bits per heavy atom. The average molecular weight is 231 g/mol. The van der Waals surface area contributed by atoms with Crippen molar-refractivity contribution in [2.75, 3.05) is 19.0 Å². The smallest absolute Gasteiger partial charge is 0.334 e. The number of hydrogen-bond donors (Lipinski definition) is 2. The highest BCUT2D eigenvalue weighted by atomic mass is 32.1. The SMILES string of the molecule is CCc1nsc(NCC(OC)C(=O)O)n1. The molecule has 0 aromatic carbocycles. The highest BCUT2D eigenvalue weighted by Gasteiger charge is 2.16. The normalized spacial score (nSPS) is 12.4. The van der Waals surface area contributed by atoms with Gasteiger partial charge in [-0.3, -0.25) is 0 Å². The third-order valence-corrected chi connectivity index (χ3v) is 2.49. The number of hydrogen-bond acceptors (Lipinski definition) is 6. The van der Waals surface area contributed by atoms with Gasteiger partial charge in [-0.1, -0.05) is 6.92 Å². The number of rotatable bonds is 6. The van der Waals surface area contributed by atoms with Gasteiger partial charge in [0.1, 0.15) is 5.82 Å². The van der Waals surface area contributed by atoms with Gasteiger partial charge in [0.15, 0.2) is 6.10 Å². The molecule has 0 fully saturated rings. The standard InChI is InChI=1S/C8H13N3O3S/c1-3-6-10-8(15-11-6)9-4-5(14-2)7(12)13/h5H,3-4H2,1-2H3,(H,12,13)(H,9,10,11). The number of carbonyl (C=O) groups is 1. The van der Waals surface area contributed by atoms with Gasteiger partial charge in [0, 0.05) is 25.1 Å². The average Bonchev–Trinajstić information content (AvgIpc) is 2.66. The van der Waals surface area contributed by atoms with Crippen LogP contribution >= 0.6 is 11.5 Å². The summed E-state index contributed by atoms with van der Waals surface area (Å²) in [5.41, 5.74) is 0. The van der Waals surface area contributed by atoms with E-state index in [0.717, 1.165) is 12.2 Å². The molecule has 15 heavy (non-hydrogen) atoms. The van der Waals surface area contributed by atoms with E-state index >= 15 is 0 Å². The Morgan fingerprint density at radius 2 is 2.47 bits per heavy atom. The number of nitrogens with zero attached hydrogens (tertiary/aromatic N) is 2. The Hall–Kier alpha value is -1.21. The second kappa shape index (κ2) is 5.62. The van der Waals surface area contributed by atoms with E-state index in [-0.39, 0.29) is 6.54 Å². The summed E-state index contributed by atoms with van der Waals surface area (Å²) in [5.74, 6) is -0.239. The Balaban J connectivity index is 2.45. The van der Waals surface area contributed by atoms with Gasteiger partial charge in [-0.2, -0.15) is 4.37 Å². The Kier molecular flexibility index (Phi) is 4.44. The van der Waals surface area contributed by atoms with E-state index in [1.54, 1.807) is 0 Å². The van der Waals surface area contributed by atoms with Crippen LogP contribution in [0.3, 0.4) is 0 Å². The van der Waals surface area contributed by atoms with Crippen molar-refractivity contribution in [1.29, 1.82) is 0 Å². The lowest BCUT2D eigenvalue weighted by atomic mass is 10.3. The van der Waals surface area contributed by atoms with Crippen molar-refractivity contribution in [3.05, 3.63) is 5.82 Å². The van der Waals surface area contributed by atoms with E-state index in [1.807, 2.05) is 6.92 Å². The highest BCUT2D eigenvalue weighted by Crippen LogP contribution is 2.11. The monoisotopic (exact) mass is 231 g/mol. The van der Waals surface area contributed by atoms with Crippen molar-refractivity contribution >= 4 is 22.6 Å². The van der Waals surface area contributed by atoms with Gasteiger partial charge >= 0.3 is 5.97 Å². The molecule has 1 aromatic rings. The molecule has 0 amide bonds. The van der Waals surface area contributed by atoms with Crippen molar-refractivity contribution in [3.8, 4) is 0 Å². The van der Waals surface area contributed by atoms with Crippen LogP contribution in [0.5, 0.6) is 0 Å². The summed E-state index contributed by atoms with van der Waals surface area (Å²) >= 11 is 1.22. The van der Waals surface area contributed by atoms with Gasteiger partial charge in [-0.15, -0.1) is 0 Å². The first-order valence-corrected chi connectivity index (χ1v) is 5.26. The molecule has 0 aliphatic rings. The highest BCUT2D eigenvalue weighted by molar-refractivity contribution is 7.09. The fourth-order valence-electron chi connectivity index (χ4n) is 0.921. The molecular weight excluding hydrogens is 218 g/mol. The molecule has 0 aliphatic heterocycles. The first-order valence-electron chi connectivity index (χ1n) is 4.49. The fraction of sp³-hybridized carbons (Fsp3) is 0.625. The molecule has 2 N–H and O–H groups in total. The molecule has 0 saturated heterocycles. The molecule has 6 nitrogen and oxygen atoms in total. The van der Waals surface area contributed by atoms with E-state index in [2.05, 4.69) is 14.7 Å². The van der Waals surface area contributed by atoms with E-state index in [1.165, 1.54) is 18.6 Å². The summed E-state index contributed by atoms with van der Waals surface area (Å²) < 4.78 is 8.82. The molecule has 1 heterocycles. The minimum Gasteiger partial charge on any atom is -0.479 e. The third kappa shape index (κ3) is 3.45. The van der Waals surface area contributed by atoms with Crippen LogP contribution in [0, 0.1) is 0 Å². The molecule has 84 valence electrons. The van der Waals surface area contributed by atoms with Gasteiger partial charge in [-0.25, -0.2) is 9.78 Å². The lowest BCUT2D eigenvalue weighted by molar-refractivity contribution is -0.147. The molecule has 1 aromatic heterocycles. The maximum absolute atomic E-state index is 10.6. The van der Waals surface area contributed by atoms with Gasteiger partial charge in [-0.05, 0) is 0 Å². The van der Waals surface area contributed by atoms with Crippen molar-refractivity contribution in [3.63, 3.8) is 0 Å². The number of aromatic nitrogens is 2. The number of nitrogens with one attached hydrogen (secondary N) is 1. The molecule has 1 atom stereocenters. The molecule has 0 spiro atoms. The minimum absolute atomic E-state index is 0.185. The summed E-state index contributed by atoms with van der Waals surface area (Å²) in [5, 5.41) is 12.2. The number of carboxylic acid groups (broad SMARTS) is 1. The van der Waals surface area contributed by atoms with Crippen LogP contribution in [0.15, 0.2) is 0 Å². The quantitative estimate of drug-likeness (QED) is 0.746. The van der Waals surface area contributed by atoms with Crippen LogP contribution in [0.25, 0.3) is 0 Å². The van der Waals surface area contributed by atoms with E-state index in [4.69, 9.17) is 9.84 Å². The third-order valence-electron chi connectivity index (χ3n) is 1.78. The summed E-state index contributed by atoms with van der Waals surface area (Å²) in [6.07, 6.45) is -0.0934. The Labute approximate surface area is 91.5 Å². The Morgan fingerprint density at radius 1 is 1.73 bits per heavy atom. The number of carboxylic acids is 1. The van der Waals surface area contributed by atoms with Crippen LogP contribution < -0.4 is 5.32 Å². The topological polar surface area (TPSA) is 84.3 Å². The molecule has 0 bridgehead atoms. The van der Waals surface area contributed by atoms with Gasteiger partial charge in [0.2, 0.25) is 5.13 Å². The van der Waals surface area contributed by atoms with Crippen LogP contribution in [0.2, 0.25) is 0 Å². The Bertz CT molecular complexity index is 329. The van der Waals surface area contributed by atoms with Gasteiger partial charge in [0.25, 0.3) is 0 Å². The fourth-order valence-corrected chi connectivity index (χ4v) is 1.58. The number of aryl methyl sites for hydroxylation is 1. The summed E-state index contributed by atoms with van der Waals surface area (Å²) in [7, 11) is 1.36. The van der Waals surface area contributed by atoms with Crippen molar-refractivity contribution < 1.29 is 14.6 Å². The van der Waals surface area contributed by atoms with Crippen LogP contribution in [-0.4, -0.2) is 40.2 Å². The molecular formula is C8H13N3O3S.